The van der Waals surface area contributed by atoms with Gasteiger partial charge in [-0.3, -0.25) is 4.79 Å². The summed E-state index contributed by atoms with van der Waals surface area (Å²) >= 11 is 0. The van der Waals surface area contributed by atoms with Gasteiger partial charge < -0.3 is 4.90 Å². The minimum Gasteiger partial charge on any atom is -0.336 e. The molecule has 0 N–H and O–H groups in total. The first-order valence-corrected chi connectivity index (χ1v) is 11.6. The molecule has 30 heavy (non-hydrogen) atoms. The van der Waals surface area contributed by atoms with Crippen molar-refractivity contribution in [1.29, 1.82) is 5.26 Å². The molecule has 2 aromatic carbocycles. The molecule has 7 heteroatoms. The number of rotatable bonds is 6. The molecule has 1 amide bonds. The smallest absolute Gasteiger partial charge is 0.244 e. The van der Waals surface area contributed by atoms with Crippen molar-refractivity contribution < 1.29 is 13.2 Å². The maximum absolute atomic E-state index is 13.2. The number of nitriles is 1. The molecule has 0 atom stereocenters. The van der Waals surface area contributed by atoms with Crippen LogP contribution < -0.4 is 0 Å². The van der Waals surface area contributed by atoms with Crippen LogP contribution in [0.2, 0.25) is 0 Å². The predicted octanol–water partition coefficient (Wildman–Crippen LogP) is 3.40. The highest BCUT2D eigenvalue weighted by molar-refractivity contribution is 7.89. The van der Waals surface area contributed by atoms with Gasteiger partial charge >= 0.3 is 0 Å². The standard InChI is InChI=1S/C23H27N3O3S/c1-18(2)26(17-19-8-4-3-5-9-19)23(27)20-12-14-25(15-13-20)30(28,29)22-11-7-6-10-21(22)16-24/h3-11,18,20H,12-15,17H2,1-2H3. The van der Waals surface area contributed by atoms with Crippen molar-refractivity contribution in [2.24, 2.45) is 5.92 Å². The highest BCUT2D eigenvalue weighted by Crippen LogP contribution is 2.27. The van der Waals surface area contributed by atoms with E-state index in [9.17, 15) is 18.5 Å². The zero-order valence-corrected chi connectivity index (χ0v) is 18.2. The Kier molecular flexibility index (Phi) is 6.91. The monoisotopic (exact) mass is 425 g/mol. The second-order valence-corrected chi connectivity index (χ2v) is 9.74. The number of benzene rings is 2. The highest BCUT2D eigenvalue weighted by Gasteiger charge is 2.35. The van der Waals surface area contributed by atoms with Crippen molar-refractivity contribution in [3.63, 3.8) is 0 Å². The zero-order valence-electron chi connectivity index (χ0n) is 17.4. The Morgan fingerprint density at radius 3 is 2.30 bits per heavy atom. The van der Waals surface area contributed by atoms with E-state index in [1.165, 1.54) is 16.4 Å². The SMILES string of the molecule is CC(C)N(Cc1ccccc1)C(=O)C1CCN(S(=O)(=O)c2ccccc2C#N)CC1. The third-order valence-corrected chi connectivity index (χ3v) is 7.49. The average molecular weight is 426 g/mol. The highest BCUT2D eigenvalue weighted by atomic mass is 32.2. The maximum atomic E-state index is 13.2. The second-order valence-electron chi connectivity index (χ2n) is 7.83. The lowest BCUT2D eigenvalue weighted by atomic mass is 9.95. The summed E-state index contributed by atoms with van der Waals surface area (Å²) in [5, 5.41) is 9.25. The van der Waals surface area contributed by atoms with Crippen LogP contribution >= 0.6 is 0 Å². The number of sulfonamides is 1. The summed E-state index contributed by atoms with van der Waals surface area (Å²) in [6, 6.07) is 18.1. The van der Waals surface area contributed by atoms with E-state index in [0.29, 0.717) is 19.4 Å². The van der Waals surface area contributed by atoms with Crippen LogP contribution in [-0.2, 0) is 21.4 Å². The molecular formula is C23H27N3O3S. The molecule has 1 aliphatic rings. The van der Waals surface area contributed by atoms with Gasteiger partial charge in [0.25, 0.3) is 0 Å². The van der Waals surface area contributed by atoms with E-state index in [4.69, 9.17) is 0 Å². The molecule has 0 aromatic heterocycles. The number of carbonyl (C=O) groups excluding carboxylic acids is 1. The number of hydrogen-bond donors (Lipinski definition) is 0. The van der Waals surface area contributed by atoms with Crippen LogP contribution in [0.4, 0.5) is 0 Å². The Morgan fingerprint density at radius 1 is 1.10 bits per heavy atom. The van der Waals surface area contributed by atoms with Gasteiger partial charge in [0, 0.05) is 31.6 Å². The van der Waals surface area contributed by atoms with Crippen LogP contribution in [0.1, 0.15) is 37.8 Å². The summed E-state index contributed by atoms with van der Waals surface area (Å²) in [6.45, 7) is 5.09. The van der Waals surface area contributed by atoms with Crippen LogP contribution in [0.15, 0.2) is 59.5 Å². The Labute approximate surface area is 178 Å². The molecular weight excluding hydrogens is 398 g/mol. The molecule has 3 rings (SSSR count). The Hall–Kier alpha value is -2.69. The lowest BCUT2D eigenvalue weighted by Crippen LogP contribution is -2.46. The summed E-state index contributed by atoms with van der Waals surface area (Å²) in [4.78, 5) is 15.1. The molecule has 6 nitrogen and oxygen atoms in total. The Bertz CT molecular complexity index is 1020. The van der Waals surface area contributed by atoms with Crippen molar-refractivity contribution in [2.75, 3.05) is 13.1 Å². The van der Waals surface area contributed by atoms with Crippen molar-refractivity contribution in [2.45, 2.75) is 44.2 Å². The minimum absolute atomic E-state index is 0.0326. The van der Waals surface area contributed by atoms with Gasteiger partial charge in [0.15, 0.2) is 0 Å². The lowest BCUT2D eigenvalue weighted by Gasteiger charge is -2.35. The fourth-order valence-electron chi connectivity index (χ4n) is 3.80. The molecule has 0 aliphatic carbocycles. The first kappa shape index (κ1) is 22.0. The molecule has 0 saturated carbocycles. The van der Waals surface area contributed by atoms with Crippen LogP contribution in [0.3, 0.4) is 0 Å². The molecule has 2 aromatic rings. The summed E-state index contributed by atoms with van der Waals surface area (Å²) in [5.74, 6) is -0.128. The number of piperidine rings is 1. The average Bonchev–Trinajstić information content (AvgIpc) is 2.77. The van der Waals surface area contributed by atoms with E-state index in [1.54, 1.807) is 12.1 Å². The van der Waals surface area contributed by atoms with Crippen LogP contribution in [0.5, 0.6) is 0 Å². The van der Waals surface area contributed by atoms with Crippen molar-refractivity contribution in [3.8, 4) is 6.07 Å². The van der Waals surface area contributed by atoms with Gasteiger partial charge in [-0.05, 0) is 44.4 Å². The Balaban J connectivity index is 1.69. The van der Waals surface area contributed by atoms with Crippen molar-refractivity contribution in [3.05, 3.63) is 65.7 Å². The molecule has 158 valence electrons. The largest absolute Gasteiger partial charge is 0.336 e. The fourth-order valence-corrected chi connectivity index (χ4v) is 5.41. The van der Waals surface area contributed by atoms with Gasteiger partial charge in [-0.15, -0.1) is 0 Å². The van der Waals surface area contributed by atoms with Crippen LogP contribution in [-0.4, -0.2) is 42.7 Å². The third kappa shape index (κ3) is 4.72. The molecule has 0 spiro atoms. The molecule has 1 aliphatic heterocycles. The maximum Gasteiger partial charge on any atom is 0.244 e. The normalized spacial score (nSPS) is 15.7. The van der Waals surface area contributed by atoms with Gasteiger partial charge in [-0.25, -0.2) is 8.42 Å². The molecule has 0 radical (unpaired) electrons. The Morgan fingerprint density at radius 2 is 1.70 bits per heavy atom. The van der Waals surface area contributed by atoms with Gasteiger partial charge in [0.1, 0.15) is 6.07 Å². The molecule has 0 unspecified atom stereocenters. The molecule has 1 saturated heterocycles. The number of carbonyl (C=O) groups is 1. The molecule has 1 fully saturated rings. The summed E-state index contributed by atoms with van der Waals surface area (Å²) < 4.78 is 27.4. The van der Waals surface area contributed by atoms with Gasteiger partial charge in [0.2, 0.25) is 15.9 Å². The number of hydrogen-bond acceptors (Lipinski definition) is 4. The molecule has 0 bridgehead atoms. The van der Waals surface area contributed by atoms with E-state index in [0.717, 1.165) is 5.56 Å². The third-order valence-electron chi connectivity index (χ3n) is 5.53. The van der Waals surface area contributed by atoms with E-state index in [-0.39, 0.29) is 41.4 Å². The quantitative estimate of drug-likeness (QED) is 0.710. The summed E-state index contributed by atoms with van der Waals surface area (Å²) in [7, 11) is -3.75. The van der Waals surface area contributed by atoms with Crippen molar-refractivity contribution >= 4 is 15.9 Å². The fraction of sp³-hybridized carbons (Fsp3) is 0.391. The van der Waals surface area contributed by atoms with Crippen LogP contribution in [0, 0.1) is 17.2 Å². The lowest BCUT2D eigenvalue weighted by molar-refractivity contribution is -0.139. The first-order valence-electron chi connectivity index (χ1n) is 10.2. The van der Waals surface area contributed by atoms with Gasteiger partial charge in [-0.2, -0.15) is 9.57 Å². The number of nitrogens with zero attached hydrogens (tertiary/aromatic N) is 3. The van der Waals surface area contributed by atoms with E-state index in [2.05, 4.69) is 0 Å². The first-order chi connectivity index (χ1) is 14.3. The molecule has 1 heterocycles. The van der Waals surface area contributed by atoms with Gasteiger partial charge in [0.05, 0.1) is 10.5 Å². The topological polar surface area (TPSA) is 81.5 Å². The second kappa shape index (κ2) is 9.41. The van der Waals surface area contributed by atoms with E-state index in [1.807, 2.05) is 55.1 Å². The number of amides is 1. The summed E-state index contributed by atoms with van der Waals surface area (Å²) in [5.41, 5.74) is 1.22. The summed E-state index contributed by atoms with van der Waals surface area (Å²) in [6.07, 6.45) is 0.954. The van der Waals surface area contributed by atoms with E-state index < -0.39 is 10.0 Å². The zero-order chi connectivity index (χ0) is 21.7. The van der Waals surface area contributed by atoms with Crippen LogP contribution in [0.25, 0.3) is 0 Å². The van der Waals surface area contributed by atoms with E-state index >= 15 is 0 Å². The van der Waals surface area contributed by atoms with Crippen molar-refractivity contribution in [1.82, 2.24) is 9.21 Å². The predicted molar refractivity (Wildman–Crippen MR) is 115 cm³/mol. The van der Waals surface area contributed by atoms with Gasteiger partial charge in [-0.1, -0.05) is 42.5 Å². The minimum atomic E-state index is -3.75.